The van der Waals surface area contributed by atoms with Crippen LogP contribution in [0.4, 0.5) is 5.69 Å². The monoisotopic (exact) mass is 663 g/mol. The molecule has 208 valence electrons. The number of ether oxygens (including phenoxy) is 1. The Hall–Kier alpha value is -3.12. The predicted molar refractivity (Wildman–Crippen MR) is 161 cm³/mol. The van der Waals surface area contributed by atoms with Gasteiger partial charge in [-0.05, 0) is 104 Å². The molecule has 3 aromatic carbocycles. The summed E-state index contributed by atoms with van der Waals surface area (Å²) < 4.78 is 34.9. The van der Waals surface area contributed by atoms with Crippen LogP contribution in [0, 0.1) is 3.57 Å². The van der Waals surface area contributed by atoms with Gasteiger partial charge in [0.05, 0.1) is 17.7 Å². The maximum atomic E-state index is 13.9. The average Bonchev–Trinajstić information content (AvgIpc) is 2.90. The molecular formula is C29H34IN3O5S. The highest BCUT2D eigenvalue weighted by Gasteiger charge is 2.33. The van der Waals surface area contributed by atoms with Crippen LogP contribution in [0.3, 0.4) is 0 Å². The Bertz CT molecular complexity index is 1390. The Kier molecular flexibility index (Phi) is 10.0. The number of methoxy groups -OCH3 is 1. The average molecular weight is 664 g/mol. The van der Waals surface area contributed by atoms with Crippen molar-refractivity contribution in [2.45, 2.75) is 50.7 Å². The third kappa shape index (κ3) is 8.18. The van der Waals surface area contributed by atoms with Gasteiger partial charge < -0.3 is 15.0 Å². The normalized spacial score (nSPS) is 12.4. The Morgan fingerprint density at radius 2 is 1.62 bits per heavy atom. The summed E-state index contributed by atoms with van der Waals surface area (Å²) in [4.78, 5) is 28.6. The molecule has 0 spiro atoms. The molecule has 3 rings (SSSR count). The Morgan fingerprint density at radius 1 is 0.974 bits per heavy atom. The van der Waals surface area contributed by atoms with E-state index >= 15 is 0 Å². The molecule has 1 unspecified atom stereocenters. The first-order valence-electron chi connectivity index (χ1n) is 12.4. The molecule has 0 bridgehead atoms. The lowest BCUT2D eigenvalue weighted by atomic mass is 10.1. The van der Waals surface area contributed by atoms with Gasteiger partial charge in [0.1, 0.15) is 18.3 Å². The number of hydrogen-bond donors (Lipinski definition) is 1. The lowest BCUT2D eigenvalue weighted by Crippen LogP contribution is -2.54. The fourth-order valence-electron chi connectivity index (χ4n) is 3.88. The molecule has 0 aromatic heterocycles. The highest BCUT2D eigenvalue weighted by atomic mass is 127. The number of carbonyl (C=O) groups excluding carboxylic acids is 2. The number of hydrogen-bond acceptors (Lipinski definition) is 5. The molecule has 0 radical (unpaired) electrons. The van der Waals surface area contributed by atoms with E-state index < -0.39 is 34.1 Å². The molecule has 1 N–H and O–H groups in total. The zero-order chi connectivity index (χ0) is 28.8. The quantitative estimate of drug-likeness (QED) is 0.314. The zero-order valence-corrected chi connectivity index (χ0v) is 25.7. The molecule has 10 heteroatoms. The van der Waals surface area contributed by atoms with Crippen LogP contribution < -0.4 is 14.4 Å². The van der Waals surface area contributed by atoms with Crippen molar-refractivity contribution in [3.05, 3.63) is 88.0 Å². The molecule has 0 heterocycles. The van der Waals surface area contributed by atoms with Gasteiger partial charge in [-0.25, -0.2) is 8.42 Å². The van der Waals surface area contributed by atoms with Crippen LogP contribution in [0.5, 0.6) is 5.75 Å². The van der Waals surface area contributed by atoms with Crippen molar-refractivity contribution in [2.75, 3.05) is 18.0 Å². The number of carbonyl (C=O) groups is 2. The summed E-state index contributed by atoms with van der Waals surface area (Å²) in [7, 11) is -2.54. The van der Waals surface area contributed by atoms with E-state index in [1.165, 1.54) is 17.0 Å². The van der Waals surface area contributed by atoms with Gasteiger partial charge in [0, 0.05) is 15.7 Å². The molecule has 0 saturated heterocycles. The number of anilines is 1. The largest absolute Gasteiger partial charge is 0.497 e. The maximum absolute atomic E-state index is 13.9. The molecule has 2 amide bonds. The SMILES string of the molecule is COc1cccc(CN(C(=O)CN(c2ccc(I)cc2)S(=O)(=O)c2ccccc2)C(C)C(=O)NC(C)(C)C)c1. The summed E-state index contributed by atoms with van der Waals surface area (Å²) in [5.74, 6) is -0.253. The standard InChI is InChI=1S/C29H34IN3O5S/c1-21(28(35)31-29(2,3)4)32(19-22-10-9-11-25(18-22)38-5)27(34)20-33(24-16-14-23(30)15-17-24)39(36,37)26-12-7-6-8-13-26/h6-18,21H,19-20H2,1-5H3,(H,31,35). The summed E-state index contributed by atoms with van der Waals surface area (Å²) in [5, 5.41) is 2.92. The van der Waals surface area contributed by atoms with E-state index in [1.807, 2.05) is 26.8 Å². The lowest BCUT2D eigenvalue weighted by Gasteiger charge is -2.33. The second-order valence-electron chi connectivity index (χ2n) is 10.1. The minimum absolute atomic E-state index is 0.0641. The summed E-state index contributed by atoms with van der Waals surface area (Å²) in [6, 6.07) is 21.2. The van der Waals surface area contributed by atoms with E-state index in [9.17, 15) is 18.0 Å². The maximum Gasteiger partial charge on any atom is 0.264 e. The zero-order valence-electron chi connectivity index (χ0n) is 22.7. The third-order valence-electron chi connectivity index (χ3n) is 5.88. The molecule has 0 aliphatic heterocycles. The third-order valence-corrected chi connectivity index (χ3v) is 8.38. The Labute approximate surface area is 244 Å². The number of amides is 2. The van der Waals surface area contributed by atoms with Crippen molar-refractivity contribution < 1.29 is 22.7 Å². The van der Waals surface area contributed by atoms with Crippen molar-refractivity contribution >= 4 is 50.1 Å². The summed E-state index contributed by atoms with van der Waals surface area (Å²) in [6.45, 7) is 6.81. The van der Waals surface area contributed by atoms with Crippen LogP contribution in [0.25, 0.3) is 0 Å². The lowest BCUT2D eigenvalue weighted by molar-refractivity contribution is -0.140. The fourth-order valence-corrected chi connectivity index (χ4v) is 5.67. The minimum atomic E-state index is -4.09. The molecule has 39 heavy (non-hydrogen) atoms. The van der Waals surface area contributed by atoms with Crippen molar-refractivity contribution in [1.29, 1.82) is 0 Å². The number of nitrogens with one attached hydrogen (secondary N) is 1. The van der Waals surface area contributed by atoms with E-state index in [2.05, 4.69) is 27.9 Å². The number of sulfonamides is 1. The van der Waals surface area contributed by atoms with Crippen molar-refractivity contribution in [1.82, 2.24) is 10.2 Å². The Balaban J connectivity index is 2.03. The van der Waals surface area contributed by atoms with Crippen molar-refractivity contribution in [2.24, 2.45) is 0 Å². The molecule has 0 saturated carbocycles. The van der Waals surface area contributed by atoms with Crippen LogP contribution in [0.15, 0.2) is 83.8 Å². The molecule has 3 aromatic rings. The topological polar surface area (TPSA) is 96.0 Å². The minimum Gasteiger partial charge on any atom is -0.497 e. The predicted octanol–water partition coefficient (Wildman–Crippen LogP) is 4.83. The second kappa shape index (κ2) is 12.8. The molecule has 1 atom stereocenters. The van der Waals surface area contributed by atoms with Gasteiger partial charge in [0.15, 0.2) is 0 Å². The highest BCUT2D eigenvalue weighted by molar-refractivity contribution is 14.1. The highest BCUT2D eigenvalue weighted by Crippen LogP contribution is 2.25. The van der Waals surface area contributed by atoms with Gasteiger partial charge in [-0.1, -0.05) is 30.3 Å². The number of benzene rings is 3. The van der Waals surface area contributed by atoms with E-state index in [-0.39, 0.29) is 17.3 Å². The molecular weight excluding hydrogens is 629 g/mol. The van der Waals surface area contributed by atoms with Gasteiger partial charge in [0.25, 0.3) is 10.0 Å². The first kappa shape index (κ1) is 30.4. The van der Waals surface area contributed by atoms with E-state index in [4.69, 9.17) is 4.74 Å². The van der Waals surface area contributed by atoms with Gasteiger partial charge in [-0.3, -0.25) is 13.9 Å². The molecule has 0 fully saturated rings. The van der Waals surface area contributed by atoms with Gasteiger partial charge in [-0.15, -0.1) is 0 Å². The molecule has 8 nitrogen and oxygen atoms in total. The number of rotatable bonds is 10. The van der Waals surface area contributed by atoms with Crippen LogP contribution in [0.2, 0.25) is 0 Å². The summed E-state index contributed by atoms with van der Waals surface area (Å²) in [6.07, 6.45) is 0. The first-order valence-corrected chi connectivity index (χ1v) is 14.9. The smallest absolute Gasteiger partial charge is 0.264 e. The van der Waals surface area contributed by atoms with E-state index in [1.54, 1.807) is 74.7 Å². The van der Waals surface area contributed by atoms with Crippen molar-refractivity contribution in [3.63, 3.8) is 0 Å². The van der Waals surface area contributed by atoms with Crippen LogP contribution in [0.1, 0.15) is 33.3 Å². The van der Waals surface area contributed by atoms with Gasteiger partial charge in [0.2, 0.25) is 11.8 Å². The fraction of sp³-hybridized carbons (Fsp3) is 0.310. The van der Waals surface area contributed by atoms with E-state index in [0.29, 0.717) is 11.4 Å². The molecule has 0 aliphatic carbocycles. The van der Waals surface area contributed by atoms with Gasteiger partial charge >= 0.3 is 0 Å². The molecule has 0 aliphatic rings. The summed E-state index contributed by atoms with van der Waals surface area (Å²) in [5.41, 5.74) is 0.575. The van der Waals surface area contributed by atoms with Crippen LogP contribution in [-0.2, 0) is 26.2 Å². The number of halogens is 1. The first-order chi connectivity index (χ1) is 18.3. The summed E-state index contributed by atoms with van der Waals surface area (Å²) >= 11 is 2.14. The second-order valence-corrected chi connectivity index (χ2v) is 13.2. The van der Waals surface area contributed by atoms with Crippen LogP contribution in [-0.4, -0.2) is 50.4 Å². The van der Waals surface area contributed by atoms with E-state index in [0.717, 1.165) is 13.4 Å². The Morgan fingerprint density at radius 3 is 2.21 bits per heavy atom. The van der Waals surface area contributed by atoms with Crippen LogP contribution >= 0.6 is 22.6 Å². The van der Waals surface area contributed by atoms with Gasteiger partial charge in [-0.2, -0.15) is 0 Å². The number of nitrogens with zero attached hydrogens (tertiary/aromatic N) is 2. The van der Waals surface area contributed by atoms with Crippen molar-refractivity contribution in [3.8, 4) is 5.75 Å².